The monoisotopic (exact) mass is 960 g/mol. The Bertz CT molecular complexity index is 2820. The van der Waals surface area contributed by atoms with Gasteiger partial charge in [-0.3, -0.25) is 9.88 Å². The van der Waals surface area contributed by atoms with Crippen LogP contribution in [0.25, 0.3) is 42.5 Å². The number of fused-ring (bicyclic) bond motifs is 6. The molecule has 1 amide bonds. The molecule has 68 heavy (non-hydrogen) atoms. The van der Waals surface area contributed by atoms with Gasteiger partial charge in [-0.05, 0) is 128 Å². The third-order valence-corrected chi connectivity index (χ3v) is 16.7. The molecule has 2 saturated carbocycles. The molecule has 4 saturated heterocycles. The number of aryl methyl sites for hydroxylation is 1. The van der Waals surface area contributed by atoms with E-state index in [0.717, 1.165) is 70.9 Å². The zero-order chi connectivity index (χ0) is 47.5. The molecule has 1 aromatic carbocycles. The van der Waals surface area contributed by atoms with Crippen molar-refractivity contribution >= 4 is 54.5 Å². The summed E-state index contributed by atoms with van der Waals surface area (Å²) in [6.07, 6.45) is 11.6. The predicted molar refractivity (Wildman–Crippen MR) is 249 cm³/mol. The van der Waals surface area contributed by atoms with Gasteiger partial charge in [0.1, 0.15) is 22.9 Å². The summed E-state index contributed by atoms with van der Waals surface area (Å²) in [4.78, 5) is 34.5. The van der Waals surface area contributed by atoms with Crippen LogP contribution in [-0.2, 0) is 15.7 Å². The average molecular weight is 961 g/mol. The molecule has 4 aromatic heterocycles. The summed E-state index contributed by atoms with van der Waals surface area (Å²) in [6, 6.07) is 2.78. The van der Waals surface area contributed by atoms with Crippen LogP contribution < -0.4 is 9.64 Å². The fourth-order valence-electron chi connectivity index (χ4n) is 12.3. The van der Waals surface area contributed by atoms with Gasteiger partial charge in [0.05, 0.1) is 50.6 Å². The Morgan fingerprint density at radius 3 is 2.43 bits per heavy atom. The number of halogens is 5. The summed E-state index contributed by atoms with van der Waals surface area (Å²) in [5, 5.41) is 6.08. The van der Waals surface area contributed by atoms with Crippen LogP contribution in [0.1, 0.15) is 109 Å². The van der Waals surface area contributed by atoms with Crippen molar-refractivity contribution in [2.45, 2.75) is 134 Å². The molecule has 362 valence electrons. The number of piperazine rings is 1. The summed E-state index contributed by atoms with van der Waals surface area (Å²) < 4.78 is 97.6. The maximum absolute atomic E-state index is 15.6. The number of alkyl halides is 5. The molecule has 2 aliphatic carbocycles. The highest BCUT2D eigenvalue weighted by Crippen LogP contribution is 2.62. The molecule has 4 atom stereocenters. The number of anilines is 1. The number of benzene rings is 1. The molecule has 11 rings (SSSR count). The first-order chi connectivity index (χ1) is 32.3. The molecular formula is C50H57F5N8O4S. The van der Waals surface area contributed by atoms with Gasteiger partial charge < -0.3 is 24.0 Å². The quantitative estimate of drug-likeness (QED) is 0.105. The Hall–Kier alpha value is -4.86. The number of aromatic nitrogens is 5. The molecular weight excluding hydrogens is 904 g/mol. The molecule has 6 aliphatic rings. The van der Waals surface area contributed by atoms with Crippen LogP contribution in [0.2, 0.25) is 0 Å². The van der Waals surface area contributed by atoms with Gasteiger partial charge in [-0.15, -0.1) is 23.7 Å². The first-order valence-corrected chi connectivity index (χ1v) is 24.9. The van der Waals surface area contributed by atoms with E-state index in [0.29, 0.717) is 69.1 Å². The number of likely N-dealkylation sites (tertiary alicyclic amines) is 1. The van der Waals surface area contributed by atoms with Crippen molar-refractivity contribution in [3.63, 3.8) is 0 Å². The van der Waals surface area contributed by atoms with Crippen LogP contribution >= 0.6 is 11.3 Å². The van der Waals surface area contributed by atoms with E-state index >= 15 is 22.0 Å². The van der Waals surface area contributed by atoms with Crippen molar-refractivity contribution in [1.29, 1.82) is 0 Å². The lowest BCUT2D eigenvalue weighted by molar-refractivity contribution is -0.137. The molecule has 2 bridgehead atoms. The smallest absolute Gasteiger partial charge is 0.417 e. The number of rotatable bonds is 9. The number of hydrogen-bond acceptors (Lipinski definition) is 11. The van der Waals surface area contributed by atoms with E-state index < -0.39 is 34.9 Å². The van der Waals surface area contributed by atoms with Gasteiger partial charge in [0.25, 0.3) is 5.92 Å². The second-order valence-electron chi connectivity index (χ2n) is 21.5. The summed E-state index contributed by atoms with van der Waals surface area (Å²) in [7, 11) is 0. The number of amides is 1. The molecule has 0 radical (unpaired) electrons. The Kier molecular flexibility index (Phi) is 11.0. The summed E-state index contributed by atoms with van der Waals surface area (Å²) >= 11 is 1.17. The molecule has 3 unspecified atom stereocenters. The van der Waals surface area contributed by atoms with Crippen molar-refractivity contribution < 1.29 is 41.0 Å². The van der Waals surface area contributed by atoms with E-state index in [1.54, 1.807) is 10.7 Å². The molecule has 18 heteroatoms. The second-order valence-corrected chi connectivity index (χ2v) is 22.5. The maximum atomic E-state index is 15.6. The molecule has 0 N–H and O–H groups in total. The Morgan fingerprint density at radius 1 is 1.04 bits per heavy atom. The van der Waals surface area contributed by atoms with E-state index in [1.165, 1.54) is 36.7 Å². The fourth-order valence-corrected chi connectivity index (χ4v) is 13.4. The highest BCUT2D eigenvalue weighted by molar-refractivity contribution is 7.26. The van der Waals surface area contributed by atoms with Gasteiger partial charge in [-0.2, -0.15) is 28.2 Å². The van der Waals surface area contributed by atoms with Crippen molar-refractivity contribution in [3.05, 3.63) is 35.7 Å². The number of hydrogen-bond donors (Lipinski definition) is 0. The number of carbonyl (C=O) groups is 1. The number of ether oxygens (including phenoxy) is 3. The normalized spacial score (nSPS) is 26.1. The number of carbonyl (C=O) groups excluding carboxylic acids is 1. The van der Waals surface area contributed by atoms with E-state index in [1.807, 2.05) is 25.7 Å². The van der Waals surface area contributed by atoms with Crippen molar-refractivity contribution in [2.75, 3.05) is 50.8 Å². The summed E-state index contributed by atoms with van der Waals surface area (Å²) in [5.74, 6) is 0.857. The topological polar surface area (TPSA) is 111 Å². The fraction of sp³-hybridized carbons (Fsp3) is 0.620. The minimum Gasteiger partial charge on any atom is -0.462 e. The van der Waals surface area contributed by atoms with Crippen molar-refractivity contribution in [2.24, 2.45) is 16.7 Å². The van der Waals surface area contributed by atoms with Crippen LogP contribution in [0.15, 0.2) is 24.5 Å². The van der Waals surface area contributed by atoms with Crippen LogP contribution in [-0.4, -0.2) is 110 Å². The molecule has 8 heterocycles. The van der Waals surface area contributed by atoms with E-state index in [4.69, 9.17) is 35.6 Å². The number of piperidine rings is 1. The molecule has 1 spiro atoms. The van der Waals surface area contributed by atoms with Gasteiger partial charge in [-0.25, -0.2) is 18.3 Å². The lowest BCUT2D eigenvalue weighted by Crippen LogP contribution is -2.57. The van der Waals surface area contributed by atoms with E-state index in [2.05, 4.69) is 20.8 Å². The zero-order valence-corrected chi connectivity index (χ0v) is 39.7. The molecule has 5 aromatic rings. The Morgan fingerprint density at radius 2 is 1.78 bits per heavy atom. The maximum Gasteiger partial charge on any atom is 0.417 e. The van der Waals surface area contributed by atoms with E-state index in [9.17, 15) is 4.79 Å². The van der Waals surface area contributed by atoms with Gasteiger partial charge in [0.15, 0.2) is 6.23 Å². The number of thiophene rings is 1. The van der Waals surface area contributed by atoms with E-state index in [-0.39, 0.29) is 66.0 Å². The van der Waals surface area contributed by atoms with Crippen LogP contribution in [0, 0.1) is 36.0 Å². The van der Waals surface area contributed by atoms with Gasteiger partial charge >= 0.3 is 18.3 Å². The van der Waals surface area contributed by atoms with Crippen molar-refractivity contribution in [1.82, 2.24) is 34.5 Å². The summed E-state index contributed by atoms with van der Waals surface area (Å²) in [5.41, 5.74) is -2.09. The lowest BCUT2D eigenvalue weighted by atomic mass is 9.57. The number of nitrogens with zero attached hydrogens (tertiary/aromatic N) is 8. The number of terminal acetylenes is 1. The first kappa shape index (κ1) is 45.6. The van der Waals surface area contributed by atoms with Gasteiger partial charge in [0.2, 0.25) is 0 Å². The zero-order valence-electron chi connectivity index (χ0n) is 38.9. The second kappa shape index (κ2) is 16.4. The third-order valence-electron chi connectivity index (χ3n) is 15.6. The van der Waals surface area contributed by atoms with Gasteiger partial charge in [0, 0.05) is 61.6 Å². The highest BCUT2D eigenvalue weighted by Gasteiger charge is 2.72. The van der Waals surface area contributed by atoms with Gasteiger partial charge in [-0.1, -0.05) is 0 Å². The highest BCUT2D eigenvalue weighted by atomic mass is 32.1. The Labute approximate surface area is 395 Å². The van der Waals surface area contributed by atoms with Crippen LogP contribution in [0.3, 0.4) is 0 Å². The lowest BCUT2D eigenvalue weighted by Gasteiger charge is -2.52. The predicted octanol–water partition coefficient (Wildman–Crippen LogP) is 10.8. The third kappa shape index (κ3) is 7.92. The first-order valence-electron chi connectivity index (χ1n) is 24.1. The molecule has 6 fully saturated rings. The SMILES string of the molecule is C#CCC1CC2(CCN(C[C@@]3(COc4nc(N5CC6CCC(C5)N6C(=O)OC(C)(C)C)c5c(n4)sc4c(-c6c(C(F)(F)F)c(C)cc7c6cnn7C6CCCCO6)nccc45)CC3(F)F)CC2)C1. The average Bonchev–Trinajstić information content (AvgIpc) is 3.64. The largest absolute Gasteiger partial charge is 0.462 e. The van der Waals surface area contributed by atoms with Crippen LogP contribution in [0.5, 0.6) is 6.01 Å². The molecule has 4 aliphatic heterocycles. The number of pyridine rings is 1. The summed E-state index contributed by atoms with van der Waals surface area (Å²) in [6.45, 7) is 9.61. The minimum atomic E-state index is -4.74. The van der Waals surface area contributed by atoms with Crippen LogP contribution in [0.4, 0.5) is 32.6 Å². The standard InChI is InChI=1S/C50H57F5N8O4S/c1-6-9-30-21-47(22-30)14-17-60(18-15-47)27-48(26-49(48,51)52)28-66-44-58-42(61-24-31-11-12-32(25-61)62(31)45(64)67-46(3,4)5)38-33-13-16-56-40(41(33)68-43(38)59-44)37-34-23-57-63(36-10-7-8-19-65-36)35(34)20-29(2)39(37)50(53,54)55/h1,13,16,20,23,30-32,36H,7-12,14-15,17-19,21-22,24-28H2,2-5H3/t31?,32?,36?,48-/m1/s1. The molecule has 12 nitrogen and oxygen atoms in total. The Balaban J connectivity index is 0.978. The minimum absolute atomic E-state index is 0.0265. The van der Waals surface area contributed by atoms with Crippen molar-refractivity contribution in [3.8, 4) is 29.6 Å².